The topological polar surface area (TPSA) is 20.3 Å². The fourth-order valence-corrected chi connectivity index (χ4v) is 2.89. The molecule has 1 aliphatic heterocycles. The van der Waals surface area contributed by atoms with Gasteiger partial charge in [0.1, 0.15) is 0 Å². The van der Waals surface area contributed by atoms with Crippen LogP contribution < -0.4 is 0 Å². The molecule has 1 saturated heterocycles. The summed E-state index contributed by atoms with van der Waals surface area (Å²) in [6, 6.07) is 5.52. The number of carbonyl (C=O) groups excluding carboxylic acids is 1. The smallest absolute Gasteiger partial charge is 0.178 e. The second kappa shape index (κ2) is 6.05. The second-order valence-corrected chi connectivity index (χ2v) is 5.71. The molecule has 0 aliphatic carbocycles. The van der Waals surface area contributed by atoms with Crippen molar-refractivity contribution in [3.05, 3.63) is 33.8 Å². The van der Waals surface area contributed by atoms with Gasteiger partial charge in [0.05, 0.1) is 11.6 Å². The third kappa shape index (κ3) is 3.25. The molecule has 0 aromatic heterocycles. The molecule has 18 heavy (non-hydrogen) atoms. The number of Topliss-reactive ketones (excluding diaryl/α,β-unsaturated/α-hetero) is 1. The Kier molecular flexibility index (Phi) is 4.66. The number of ketones is 1. The summed E-state index contributed by atoms with van der Waals surface area (Å²) in [6.07, 6.45) is 3.60. The van der Waals surface area contributed by atoms with Gasteiger partial charge in [-0.3, -0.25) is 9.69 Å². The van der Waals surface area contributed by atoms with E-state index in [1.807, 2.05) is 0 Å². The van der Waals surface area contributed by atoms with E-state index in [0.717, 1.165) is 6.54 Å². The van der Waals surface area contributed by atoms with Gasteiger partial charge in [-0.1, -0.05) is 29.6 Å². The summed E-state index contributed by atoms with van der Waals surface area (Å²) in [6.45, 7) is 3.62. The van der Waals surface area contributed by atoms with Crippen molar-refractivity contribution in [3.63, 3.8) is 0 Å². The Morgan fingerprint density at radius 3 is 2.83 bits per heavy atom. The zero-order valence-corrected chi connectivity index (χ0v) is 12.0. The number of likely N-dealkylation sites (tertiary alicyclic amines) is 1. The third-order valence-electron chi connectivity index (χ3n) is 3.52. The Morgan fingerprint density at radius 1 is 1.39 bits per heavy atom. The third-order valence-corrected chi connectivity index (χ3v) is 4.07. The maximum absolute atomic E-state index is 12.2. The van der Waals surface area contributed by atoms with Crippen LogP contribution in [0.1, 0.15) is 36.5 Å². The Morgan fingerprint density at radius 2 is 2.17 bits per heavy atom. The zero-order chi connectivity index (χ0) is 13.1. The van der Waals surface area contributed by atoms with E-state index in [1.165, 1.54) is 19.3 Å². The van der Waals surface area contributed by atoms with Crippen molar-refractivity contribution in [1.29, 1.82) is 0 Å². The van der Waals surface area contributed by atoms with Gasteiger partial charge in [0.25, 0.3) is 0 Å². The summed E-state index contributed by atoms with van der Waals surface area (Å²) in [5.41, 5.74) is 0.568. The van der Waals surface area contributed by atoms with Gasteiger partial charge in [0.15, 0.2) is 5.78 Å². The maximum Gasteiger partial charge on any atom is 0.178 e. The van der Waals surface area contributed by atoms with Crippen molar-refractivity contribution in [2.75, 3.05) is 13.1 Å². The molecule has 1 aliphatic rings. The highest BCUT2D eigenvalue weighted by Gasteiger charge is 2.22. The van der Waals surface area contributed by atoms with Gasteiger partial charge >= 0.3 is 0 Å². The fraction of sp³-hybridized carbons (Fsp3) is 0.500. The van der Waals surface area contributed by atoms with Crippen molar-refractivity contribution >= 4 is 29.0 Å². The summed E-state index contributed by atoms with van der Waals surface area (Å²) in [7, 11) is 0. The molecule has 2 nitrogen and oxygen atoms in total. The van der Waals surface area contributed by atoms with Crippen LogP contribution in [0.3, 0.4) is 0 Å². The van der Waals surface area contributed by atoms with E-state index in [-0.39, 0.29) is 5.78 Å². The van der Waals surface area contributed by atoms with Crippen LogP contribution in [0.15, 0.2) is 18.2 Å². The van der Waals surface area contributed by atoms with Crippen LogP contribution in [0.4, 0.5) is 0 Å². The molecule has 1 unspecified atom stereocenters. The van der Waals surface area contributed by atoms with Crippen LogP contribution in [0.5, 0.6) is 0 Å². The molecule has 0 N–H and O–H groups in total. The van der Waals surface area contributed by atoms with Gasteiger partial charge in [0, 0.05) is 16.6 Å². The molecule has 0 saturated carbocycles. The molecule has 1 fully saturated rings. The monoisotopic (exact) mass is 285 g/mol. The molecule has 98 valence electrons. The average Bonchev–Trinajstić information content (AvgIpc) is 2.32. The van der Waals surface area contributed by atoms with E-state index in [2.05, 4.69) is 11.8 Å². The lowest BCUT2D eigenvalue weighted by Gasteiger charge is -2.32. The SMILES string of the molecule is CC1CCCCN1CC(=O)c1ccc(Cl)cc1Cl. The molecule has 2 rings (SSSR count). The highest BCUT2D eigenvalue weighted by Crippen LogP contribution is 2.23. The van der Waals surface area contributed by atoms with E-state index in [0.29, 0.717) is 28.2 Å². The number of hydrogen-bond acceptors (Lipinski definition) is 2. The van der Waals surface area contributed by atoms with Crippen LogP contribution in [0, 0.1) is 0 Å². The predicted octanol–water partition coefficient (Wildman–Crippen LogP) is 4.05. The summed E-state index contributed by atoms with van der Waals surface area (Å²) in [5, 5.41) is 1.00. The molecule has 0 spiro atoms. The number of piperidine rings is 1. The Bertz CT molecular complexity index is 447. The first-order valence-electron chi connectivity index (χ1n) is 6.30. The lowest BCUT2D eigenvalue weighted by molar-refractivity contribution is 0.0860. The highest BCUT2D eigenvalue weighted by atomic mass is 35.5. The highest BCUT2D eigenvalue weighted by molar-refractivity contribution is 6.36. The largest absolute Gasteiger partial charge is 0.293 e. The number of benzene rings is 1. The van der Waals surface area contributed by atoms with E-state index >= 15 is 0 Å². The molecule has 1 aromatic carbocycles. The van der Waals surface area contributed by atoms with Crippen LogP contribution in [-0.2, 0) is 0 Å². The van der Waals surface area contributed by atoms with Gasteiger partial charge in [-0.25, -0.2) is 0 Å². The zero-order valence-electron chi connectivity index (χ0n) is 10.5. The maximum atomic E-state index is 12.2. The summed E-state index contributed by atoms with van der Waals surface area (Å²) in [5.74, 6) is 0.0745. The van der Waals surface area contributed by atoms with Crippen LogP contribution >= 0.6 is 23.2 Å². The number of hydrogen-bond donors (Lipinski definition) is 0. The van der Waals surface area contributed by atoms with Gasteiger partial charge in [-0.2, -0.15) is 0 Å². The number of rotatable bonds is 3. The Balaban J connectivity index is 2.07. The van der Waals surface area contributed by atoms with Gasteiger partial charge in [0.2, 0.25) is 0 Å². The molecule has 4 heteroatoms. The molecular weight excluding hydrogens is 269 g/mol. The Hall–Kier alpha value is -0.570. The molecular formula is C14H17Cl2NO. The molecule has 1 aromatic rings. The van der Waals surface area contributed by atoms with Gasteiger partial charge < -0.3 is 0 Å². The number of carbonyl (C=O) groups is 1. The van der Waals surface area contributed by atoms with E-state index in [9.17, 15) is 4.79 Å². The average molecular weight is 286 g/mol. The quantitative estimate of drug-likeness (QED) is 0.781. The molecule has 0 bridgehead atoms. The van der Waals surface area contributed by atoms with Gasteiger partial charge in [-0.15, -0.1) is 0 Å². The van der Waals surface area contributed by atoms with E-state index < -0.39 is 0 Å². The number of nitrogens with zero attached hydrogens (tertiary/aromatic N) is 1. The fourth-order valence-electron chi connectivity index (χ4n) is 2.38. The second-order valence-electron chi connectivity index (χ2n) is 4.86. The lowest BCUT2D eigenvalue weighted by atomic mass is 10.0. The molecule has 0 radical (unpaired) electrons. The molecule has 1 heterocycles. The van der Waals surface area contributed by atoms with Crippen molar-refractivity contribution < 1.29 is 4.79 Å². The van der Waals surface area contributed by atoms with Crippen LogP contribution in [-0.4, -0.2) is 29.8 Å². The lowest BCUT2D eigenvalue weighted by Crippen LogP contribution is -2.40. The minimum Gasteiger partial charge on any atom is -0.293 e. The predicted molar refractivity (Wildman–Crippen MR) is 75.7 cm³/mol. The normalized spacial score (nSPS) is 20.9. The van der Waals surface area contributed by atoms with Crippen LogP contribution in [0.25, 0.3) is 0 Å². The van der Waals surface area contributed by atoms with Crippen molar-refractivity contribution in [2.24, 2.45) is 0 Å². The first-order valence-corrected chi connectivity index (χ1v) is 7.06. The summed E-state index contributed by atoms with van der Waals surface area (Å²) >= 11 is 11.9. The molecule has 0 amide bonds. The minimum absolute atomic E-state index is 0.0745. The van der Waals surface area contributed by atoms with Crippen LogP contribution in [0.2, 0.25) is 10.0 Å². The standard InChI is InChI=1S/C14H17Cl2NO/c1-10-4-2-3-7-17(10)9-14(18)12-6-5-11(15)8-13(12)16/h5-6,8,10H,2-4,7,9H2,1H3. The van der Waals surface area contributed by atoms with Crippen molar-refractivity contribution in [1.82, 2.24) is 4.90 Å². The van der Waals surface area contributed by atoms with Gasteiger partial charge in [-0.05, 0) is 44.5 Å². The number of halogens is 2. The van der Waals surface area contributed by atoms with Crippen molar-refractivity contribution in [3.8, 4) is 0 Å². The summed E-state index contributed by atoms with van der Waals surface area (Å²) in [4.78, 5) is 14.5. The van der Waals surface area contributed by atoms with E-state index in [4.69, 9.17) is 23.2 Å². The minimum atomic E-state index is 0.0745. The Labute approximate surface area is 118 Å². The molecule has 1 atom stereocenters. The first-order chi connectivity index (χ1) is 8.58. The van der Waals surface area contributed by atoms with E-state index in [1.54, 1.807) is 18.2 Å². The first kappa shape index (κ1) is 13.9. The summed E-state index contributed by atoms with van der Waals surface area (Å²) < 4.78 is 0. The van der Waals surface area contributed by atoms with Crippen molar-refractivity contribution in [2.45, 2.75) is 32.2 Å².